The maximum atomic E-state index is 14.0. The second kappa shape index (κ2) is 9.84. The first-order valence-corrected chi connectivity index (χ1v) is 12.9. The van der Waals surface area contributed by atoms with Crippen molar-refractivity contribution in [1.82, 2.24) is 19.9 Å². The van der Waals surface area contributed by atoms with Gasteiger partial charge in [0.1, 0.15) is 17.0 Å². The average Bonchev–Trinajstić information content (AvgIpc) is 3.19. The van der Waals surface area contributed by atoms with E-state index < -0.39 is 0 Å². The molecule has 0 radical (unpaired) electrons. The van der Waals surface area contributed by atoms with Gasteiger partial charge in [0.2, 0.25) is 5.91 Å². The van der Waals surface area contributed by atoms with E-state index in [4.69, 9.17) is 16.6 Å². The first-order chi connectivity index (χ1) is 16.1. The van der Waals surface area contributed by atoms with E-state index in [0.29, 0.717) is 5.15 Å². The van der Waals surface area contributed by atoms with E-state index in [0.717, 1.165) is 53.8 Å². The minimum Gasteiger partial charge on any atom is -0.352 e. The number of carbonyl (C=O) groups excluding carboxylic acids is 1. The van der Waals surface area contributed by atoms with Gasteiger partial charge in [-0.25, -0.2) is 9.97 Å². The summed E-state index contributed by atoms with van der Waals surface area (Å²) < 4.78 is 2.17. The number of nitrogens with zero attached hydrogens (tertiary/aromatic N) is 3. The third-order valence-corrected chi connectivity index (χ3v) is 7.71. The van der Waals surface area contributed by atoms with Crippen LogP contribution in [0.1, 0.15) is 75.9 Å². The molecule has 6 heteroatoms. The Kier molecular flexibility index (Phi) is 6.68. The van der Waals surface area contributed by atoms with E-state index in [9.17, 15) is 4.79 Å². The highest BCUT2D eigenvalue weighted by Crippen LogP contribution is 2.39. The molecule has 0 aliphatic heterocycles. The van der Waals surface area contributed by atoms with E-state index in [1.54, 1.807) is 0 Å². The number of amides is 1. The zero-order valence-electron chi connectivity index (χ0n) is 19.4. The highest BCUT2D eigenvalue weighted by atomic mass is 35.5. The number of aromatic nitrogens is 3. The van der Waals surface area contributed by atoms with Crippen molar-refractivity contribution in [1.29, 1.82) is 0 Å². The lowest BCUT2D eigenvalue weighted by molar-refractivity contribution is -0.127. The van der Waals surface area contributed by atoms with Gasteiger partial charge in [0.15, 0.2) is 0 Å². The molecule has 1 N–H and O–H groups in total. The Morgan fingerprint density at radius 3 is 2.39 bits per heavy atom. The number of fused-ring (bicyclic) bond motifs is 1. The molecule has 2 fully saturated rings. The molecule has 33 heavy (non-hydrogen) atoms. The molecular formula is C27H33ClN4O. The predicted octanol–water partition coefficient (Wildman–Crippen LogP) is 6.63. The summed E-state index contributed by atoms with van der Waals surface area (Å²) in [6.07, 6.45) is 11.5. The van der Waals surface area contributed by atoms with Gasteiger partial charge in [-0.1, -0.05) is 62.3 Å². The third-order valence-electron chi connectivity index (χ3n) is 7.42. The van der Waals surface area contributed by atoms with Crippen molar-refractivity contribution in [3.8, 4) is 11.4 Å². The van der Waals surface area contributed by atoms with E-state index in [2.05, 4.69) is 20.9 Å². The summed E-state index contributed by atoms with van der Waals surface area (Å²) in [4.78, 5) is 23.4. The van der Waals surface area contributed by atoms with Gasteiger partial charge in [0.25, 0.3) is 0 Å². The van der Waals surface area contributed by atoms with E-state index in [1.807, 2.05) is 37.3 Å². The van der Waals surface area contributed by atoms with Gasteiger partial charge in [0, 0.05) is 11.7 Å². The predicted molar refractivity (Wildman–Crippen MR) is 133 cm³/mol. The Bertz CT molecular complexity index is 1130. The van der Waals surface area contributed by atoms with Crippen LogP contribution in [-0.2, 0) is 4.79 Å². The standard InChI is InChI=1S/C27H33ClN4O/c1-18-16-17-21(25(28)29-18)26-31-22-14-8-9-15-23(22)32(26)24(19-10-4-2-5-11-19)27(33)30-20-12-6-3-7-13-20/h8-9,14-17,19-20,24H,2-7,10-13H2,1H3,(H,30,33). The lowest BCUT2D eigenvalue weighted by atomic mass is 9.82. The summed E-state index contributed by atoms with van der Waals surface area (Å²) in [5.41, 5.74) is 3.52. The number of para-hydroxylation sites is 2. The van der Waals surface area contributed by atoms with Crippen LogP contribution < -0.4 is 5.32 Å². The van der Waals surface area contributed by atoms with Crippen LogP contribution in [0, 0.1) is 12.8 Å². The van der Waals surface area contributed by atoms with Crippen LogP contribution in [0.25, 0.3) is 22.4 Å². The van der Waals surface area contributed by atoms with Gasteiger partial charge in [-0.15, -0.1) is 0 Å². The number of imidazole rings is 1. The summed E-state index contributed by atoms with van der Waals surface area (Å²) in [5.74, 6) is 1.16. The number of benzene rings is 1. The molecule has 2 aliphatic carbocycles. The second-order valence-electron chi connectivity index (χ2n) is 9.77. The fourth-order valence-electron chi connectivity index (χ4n) is 5.73. The van der Waals surface area contributed by atoms with Crippen molar-refractivity contribution in [3.63, 3.8) is 0 Å². The van der Waals surface area contributed by atoms with Gasteiger partial charge >= 0.3 is 0 Å². The van der Waals surface area contributed by atoms with E-state index in [1.165, 1.54) is 38.5 Å². The molecule has 174 valence electrons. The van der Waals surface area contributed by atoms with Crippen molar-refractivity contribution >= 4 is 28.5 Å². The minimum absolute atomic E-state index is 0.134. The Morgan fingerprint density at radius 1 is 0.970 bits per heavy atom. The number of rotatable bonds is 5. The molecule has 5 rings (SSSR count). The zero-order valence-corrected chi connectivity index (χ0v) is 20.2. The largest absolute Gasteiger partial charge is 0.352 e. The quantitative estimate of drug-likeness (QED) is 0.431. The Balaban J connectivity index is 1.63. The molecule has 0 bridgehead atoms. The molecule has 3 aromatic rings. The maximum Gasteiger partial charge on any atom is 0.243 e. The average molecular weight is 465 g/mol. The fraction of sp³-hybridized carbons (Fsp3) is 0.519. The van der Waals surface area contributed by atoms with E-state index in [-0.39, 0.29) is 23.9 Å². The SMILES string of the molecule is Cc1ccc(-c2nc3ccccc3n2C(C(=O)NC2CCCCC2)C2CCCCC2)c(Cl)n1. The van der Waals surface area contributed by atoms with E-state index >= 15 is 0 Å². The molecule has 1 unspecified atom stereocenters. The molecule has 2 saturated carbocycles. The lowest BCUT2D eigenvalue weighted by Gasteiger charge is -2.33. The summed E-state index contributed by atoms with van der Waals surface area (Å²) in [5, 5.41) is 3.87. The van der Waals surface area contributed by atoms with Gasteiger partial charge in [-0.2, -0.15) is 0 Å². The second-order valence-corrected chi connectivity index (χ2v) is 10.1. The van der Waals surface area contributed by atoms with Crippen molar-refractivity contribution in [2.24, 2.45) is 5.92 Å². The molecule has 1 atom stereocenters. The van der Waals surface area contributed by atoms with Crippen LogP contribution in [-0.4, -0.2) is 26.5 Å². The highest BCUT2D eigenvalue weighted by Gasteiger charge is 2.35. The van der Waals surface area contributed by atoms with Crippen LogP contribution in [0.4, 0.5) is 0 Å². The molecule has 5 nitrogen and oxygen atoms in total. The summed E-state index contributed by atoms with van der Waals surface area (Å²) in [6, 6.07) is 12.0. The lowest BCUT2D eigenvalue weighted by Crippen LogP contribution is -2.43. The van der Waals surface area contributed by atoms with Crippen molar-refractivity contribution < 1.29 is 4.79 Å². The minimum atomic E-state index is -0.299. The molecule has 1 aromatic carbocycles. The highest BCUT2D eigenvalue weighted by molar-refractivity contribution is 6.32. The number of nitrogens with one attached hydrogen (secondary N) is 1. The summed E-state index contributed by atoms with van der Waals surface area (Å²) in [6.45, 7) is 1.93. The first kappa shape index (κ1) is 22.4. The smallest absolute Gasteiger partial charge is 0.243 e. The molecule has 2 aromatic heterocycles. The monoisotopic (exact) mass is 464 g/mol. The van der Waals surface area contributed by atoms with Crippen LogP contribution >= 0.6 is 11.6 Å². The number of hydrogen-bond donors (Lipinski definition) is 1. The molecular weight excluding hydrogens is 432 g/mol. The number of aryl methyl sites for hydroxylation is 1. The number of carbonyl (C=O) groups is 1. The Morgan fingerprint density at radius 2 is 1.67 bits per heavy atom. The Labute approximate surface area is 201 Å². The topological polar surface area (TPSA) is 59.8 Å². The third kappa shape index (κ3) is 4.65. The number of hydrogen-bond acceptors (Lipinski definition) is 3. The van der Waals surface area contributed by atoms with Gasteiger partial charge in [-0.05, 0) is 62.8 Å². The summed E-state index contributed by atoms with van der Waals surface area (Å²) in [7, 11) is 0. The van der Waals surface area contributed by atoms with Crippen LogP contribution in [0.15, 0.2) is 36.4 Å². The number of halogens is 1. The fourth-order valence-corrected chi connectivity index (χ4v) is 6.01. The molecule has 1 amide bonds. The molecule has 0 spiro atoms. The Hall–Kier alpha value is -2.40. The van der Waals surface area contributed by atoms with Crippen LogP contribution in [0.3, 0.4) is 0 Å². The van der Waals surface area contributed by atoms with Crippen LogP contribution in [0.5, 0.6) is 0 Å². The maximum absolute atomic E-state index is 14.0. The van der Waals surface area contributed by atoms with Gasteiger partial charge in [-0.3, -0.25) is 4.79 Å². The zero-order chi connectivity index (χ0) is 22.8. The summed E-state index contributed by atoms with van der Waals surface area (Å²) >= 11 is 6.62. The van der Waals surface area contributed by atoms with Crippen molar-refractivity contribution in [3.05, 3.63) is 47.2 Å². The molecule has 2 aliphatic rings. The normalized spacial score (nSPS) is 19.0. The molecule has 2 heterocycles. The van der Waals surface area contributed by atoms with Gasteiger partial charge < -0.3 is 9.88 Å². The van der Waals surface area contributed by atoms with Crippen molar-refractivity contribution in [2.45, 2.75) is 83.2 Å². The first-order valence-electron chi connectivity index (χ1n) is 12.5. The van der Waals surface area contributed by atoms with Gasteiger partial charge in [0.05, 0.1) is 16.6 Å². The van der Waals surface area contributed by atoms with Crippen molar-refractivity contribution in [2.75, 3.05) is 0 Å². The van der Waals surface area contributed by atoms with Crippen LogP contribution in [0.2, 0.25) is 5.15 Å². The molecule has 0 saturated heterocycles. The number of pyridine rings is 1.